The smallest absolute Gasteiger partial charge is 0.417 e. The van der Waals surface area contributed by atoms with E-state index in [2.05, 4.69) is 15.5 Å². The van der Waals surface area contributed by atoms with Gasteiger partial charge in [-0.3, -0.25) is 5.32 Å². The molecule has 4 aromatic rings. The van der Waals surface area contributed by atoms with Crippen LogP contribution in [0.2, 0.25) is 10.0 Å². The molecule has 8 heteroatoms. The number of amides is 1. The van der Waals surface area contributed by atoms with Crippen molar-refractivity contribution in [2.45, 2.75) is 0 Å². The lowest BCUT2D eigenvalue weighted by molar-refractivity contribution is 0.213. The summed E-state index contributed by atoms with van der Waals surface area (Å²) in [7, 11) is 0. The minimum Gasteiger partial charge on any atom is -0.503 e. The number of carbonyl (C=O) groups excluding carboxylic acids is 1. The van der Waals surface area contributed by atoms with Crippen LogP contribution < -0.4 is 10.1 Å². The quantitative estimate of drug-likeness (QED) is 0.309. The average Bonchev–Trinajstić information content (AvgIpc) is 2.76. The number of aromatic hydroxyl groups is 1. The van der Waals surface area contributed by atoms with Gasteiger partial charge in [0.25, 0.3) is 0 Å². The van der Waals surface area contributed by atoms with Crippen molar-refractivity contribution < 1.29 is 14.6 Å². The summed E-state index contributed by atoms with van der Waals surface area (Å²) in [5.74, 6) is -0.387. The minimum absolute atomic E-state index is 0.0572. The first-order valence-corrected chi connectivity index (χ1v) is 9.92. The SMILES string of the molecule is O=C(Nc1ccccc1)Oc1cc2ccccc2c(N=Nc2cc(Cl)ccc2Cl)c1O. The Morgan fingerprint density at radius 1 is 0.903 bits per heavy atom. The van der Waals surface area contributed by atoms with Gasteiger partial charge in [0.15, 0.2) is 11.5 Å². The van der Waals surface area contributed by atoms with Gasteiger partial charge >= 0.3 is 6.09 Å². The molecular formula is C23H15Cl2N3O3. The van der Waals surface area contributed by atoms with Gasteiger partial charge in [-0.2, -0.15) is 0 Å². The van der Waals surface area contributed by atoms with Crippen molar-refractivity contribution in [3.05, 3.63) is 88.9 Å². The molecule has 2 N–H and O–H groups in total. The van der Waals surface area contributed by atoms with E-state index in [4.69, 9.17) is 27.9 Å². The number of azo groups is 1. The van der Waals surface area contributed by atoms with Gasteiger partial charge in [0.05, 0.1) is 5.02 Å². The topological polar surface area (TPSA) is 83.3 Å². The third-order valence-electron chi connectivity index (χ3n) is 4.35. The molecule has 154 valence electrons. The van der Waals surface area contributed by atoms with E-state index in [0.717, 1.165) is 0 Å². The average molecular weight is 452 g/mol. The number of benzene rings is 4. The number of ether oxygens (including phenoxy) is 1. The molecule has 0 aliphatic heterocycles. The van der Waals surface area contributed by atoms with E-state index in [-0.39, 0.29) is 17.2 Å². The van der Waals surface area contributed by atoms with Gasteiger partial charge in [0.1, 0.15) is 11.4 Å². The molecule has 0 aliphatic rings. The Morgan fingerprint density at radius 2 is 1.65 bits per heavy atom. The lowest BCUT2D eigenvalue weighted by atomic mass is 10.1. The van der Waals surface area contributed by atoms with Crippen molar-refractivity contribution in [1.29, 1.82) is 0 Å². The summed E-state index contributed by atoms with van der Waals surface area (Å²) < 4.78 is 5.34. The van der Waals surface area contributed by atoms with Crippen LogP contribution >= 0.6 is 23.2 Å². The highest BCUT2D eigenvalue weighted by Crippen LogP contribution is 2.44. The molecule has 4 rings (SSSR count). The summed E-state index contributed by atoms with van der Waals surface area (Å²) in [6, 6.07) is 22.4. The first-order valence-electron chi connectivity index (χ1n) is 9.16. The normalized spacial score (nSPS) is 11.0. The van der Waals surface area contributed by atoms with Gasteiger partial charge in [-0.15, -0.1) is 10.2 Å². The number of para-hydroxylation sites is 1. The third kappa shape index (κ3) is 4.77. The zero-order chi connectivity index (χ0) is 21.8. The second-order valence-corrected chi connectivity index (χ2v) is 7.31. The Morgan fingerprint density at radius 3 is 2.45 bits per heavy atom. The van der Waals surface area contributed by atoms with Crippen molar-refractivity contribution in [2.24, 2.45) is 10.2 Å². The second kappa shape index (κ2) is 9.04. The Kier molecular flexibility index (Phi) is 6.02. The van der Waals surface area contributed by atoms with Crippen LogP contribution in [0.5, 0.6) is 11.5 Å². The van der Waals surface area contributed by atoms with Crippen molar-refractivity contribution in [3.8, 4) is 11.5 Å². The van der Waals surface area contributed by atoms with Gasteiger partial charge in [-0.1, -0.05) is 65.7 Å². The molecule has 0 atom stereocenters. The van der Waals surface area contributed by atoms with Crippen molar-refractivity contribution >= 4 is 57.1 Å². The highest BCUT2D eigenvalue weighted by atomic mass is 35.5. The number of fused-ring (bicyclic) bond motifs is 1. The van der Waals surface area contributed by atoms with E-state index < -0.39 is 6.09 Å². The van der Waals surface area contributed by atoms with Crippen LogP contribution in [0, 0.1) is 0 Å². The maximum absolute atomic E-state index is 12.3. The molecule has 6 nitrogen and oxygen atoms in total. The van der Waals surface area contributed by atoms with Crippen molar-refractivity contribution in [1.82, 2.24) is 0 Å². The summed E-state index contributed by atoms with van der Waals surface area (Å²) in [4.78, 5) is 12.3. The summed E-state index contributed by atoms with van der Waals surface area (Å²) in [5.41, 5.74) is 1.03. The van der Waals surface area contributed by atoms with E-state index >= 15 is 0 Å². The van der Waals surface area contributed by atoms with Crippen molar-refractivity contribution in [2.75, 3.05) is 5.32 Å². The van der Waals surface area contributed by atoms with Crippen LogP contribution in [0.1, 0.15) is 0 Å². The van der Waals surface area contributed by atoms with E-state index in [1.165, 1.54) is 0 Å². The number of phenols is 1. The molecule has 0 aromatic heterocycles. The molecule has 0 saturated carbocycles. The first kappa shape index (κ1) is 20.7. The van der Waals surface area contributed by atoms with E-state index in [0.29, 0.717) is 32.2 Å². The standard InChI is InChI=1S/C23H15Cl2N3O3/c24-15-10-11-18(25)19(13-15)27-28-21-17-9-5-4-6-14(17)12-20(22(21)29)31-23(30)26-16-7-2-1-3-8-16/h1-13,29H,(H,26,30). The number of hydrogen-bond donors (Lipinski definition) is 2. The molecule has 0 unspecified atom stereocenters. The summed E-state index contributed by atoms with van der Waals surface area (Å²) in [6.07, 6.45) is -0.752. The Bertz CT molecular complexity index is 1290. The molecule has 1 amide bonds. The molecule has 0 fully saturated rings. The first-order chi connectivity index (χ1) is 15.0. The van der Waals surface area contributed by atoms with Crippen molar-refractivity contribution in [3.63, 3.8) is 0 Å². The molecule has 4 aromatic carbocycles. The van der Waals surface area contributed by atoms with Gasteiger partial charge in [0.2, 0.25) is 0 Å². The summed E-state index contributed by atoms with van der Waals surface area (Å²) in [5, 5.41) is 23.8. The number of halogens is 2. The Balaban J connectivity index is 1.71. The van der Waals surface area contributed by atoms with E-state index in [1.54, 1.807) is 60.7 Å². The number of phenolic OH excluding ortho intramolecular Hbond substituents is 1. The van der Waals surface area contributed by atoms with E-state index in [9.17, 15) is 9.90 Å². The van der Waals surface area contributed by atoms with Crippen LogP contribution in [-0.4, -0.2) is 11.2 Å². The zero-order valence-electron chi connectivity index (χ0n) is 15.9. The van der Waals surface area contributed by atoms with Gasteiger partial charge < -0.3 is 9.84 Å². The monoisotopic (exact) mass is 451 g/mol. The molecule has 0 aliphatic carbocycles. The molecule has 0 spiro atoms. The maximum atomic E-state index is 12.3. The highest BCUT2D eigenvalue weighted by Gasteiger charge is 2.17. The summed E-state index contributed by atoms with van der Waals surface area (Å²) >= 11 is 12.1. The maximum Gasteiger partial charge on any atom is 0.417 e. The van der Waals surface area contributed by atoms with Crippen LogP contribution in [0.15, 0.2) is 89.1 Å². The minimum atomic E-state index is -0.752. The van der Waals surface area contributed by atoms with Gasteiger partial charge in [-0.25, -0.2) is 4.79 Å². The van der Waals surface area contributed by atoms with Crippen LogP contribution in [-0.2, 0) is 0 Å². The van der Waals surface area contributed by atoms with Crippen LogP contribution in [0.4, 0.5) is 21.9 Å². The number of carbonyl (C=O) groups is 1. The predicted molar refractivity (Wildman–Crippen MR) is 122 cm³/mol. The lowest BCUT2D eigenvalue weighted by Crippen LogP contribution is -2.16. The Labute approximate surface area is 187 Å². The highest BCUT2D eigenvalue weighted by molar-refractivity contribution is 6.35. The van der Waals surface area contributed by atoms with Crippen LogP contribution in [0.3, 0.4) is 0 Å². The molecule has 0 radical (unpaired) electrons. The zero-order valence-corrected chi connectivity index (χ0v) is 17.4. The molecule has 0 heterocycles. The predicted octanol–water partition coefficient (Wildman–Crippen LogP) is 7.88. The van der Waals surface area contributed by atoms with Crippen LogP contribution in [0.25, 0.3) is 10.8 Å². The molecule has 0 bridgehead atoms. The van der Waals surface area contributed by atoms with Gasteiger partial charge in [0, 0.05) is 16.1 Å². The fourth-order valence-corrected chi connectivity index (χ4v) is 3.22. The van der Waals surface area contributed by atoms with E-state index in [1.807, 2.05) is 18.2 Å². The fraction of sp³-hybridized carbons (Fsp3) is 0. The molecule has 31 heavy (non-hydrogen) atoms. The molecular weight excluding hydrogens is 437 g/mol. The largest absolute Gasteiger partial charge is 0.503 e. The third-order valence-corrected chi connectivity index (χ3v) is 4.90. The van der Waals surface area contributed by atoms with Gasteiger partial charge in [-0.05, 0) is 41.8 Å². The second-order valence-electron chi connectivity index (χ2n) is 6.47. The summed E-state index contributed by atoms with van der Waals surface area (Å²) in [6.45, 7) is 0. The number of nitrogens with one attached hydrogen (secondary N) is 1. The Hall–Kier alpha value is -3.61. The molecule has 0 saturated heterocycles. The lowest BCUT2D eigenvalue weighted by Gasteiger charge is -2.11. The number of nitrogens with zero attached hydrogens (tertiary/aromatic N) is 2. The number of anilines is 1. The number of rotatable bonds is 4. The number of hydrogen-bond acceptors (Lipinski definition) is 5. The fourth-order valence-electron chi connectivity index (χ4n) is 2.90.